The normalized spacial score (nSPS) is 23.3. The smallest absolute Gasteiger partial charge is 0.126 e. The molecule has 0 unspecified atom stereocenters. The van der Waals surface area contributed by atoms with Gasteiger partial charge in [0.25, 0.3) is 0 Å². The number of hydrazone groups is 1. The average Bonchev–Trinajstić information content (AvgIpc) is 3.37. The number of furan rings is 1. The SMILES string of the molecule is C(=C1/CCC[C@@H]2C1=NN(c1ccccc1)[C@@H]2c1ccccc1)/c1ccco1. The van der Waals surface area contributed by atoms with Crippen LogP contribution in [0.1, 0.15) is 36.6 Å². The second-order valence-corrected chi connectivity index (χ2v) is 7.20. The van der Waals surface area contributed by atoms with Gasteiger partial charge < -0.3 is 4.42 Å². The number of rotatable bonds is 3. The van der Waals surface area contributed by atoms with Crippen LogP contribution in [0.4, 0.5) is 5.69 Å². The number of para-hydroxylation sites is 1. The third kappa shape index (κ3) is 2.99. The number of fused-ring (bicyclic) bond motifs is 1. The maximum Gasteiger partial charge on any atom is 0.126 e. The number of nitrogens with zero attached hydrogens (tertiary/aromatic N) is 2. The lowest BCUT2D eigenvalue weighted by Crippen LogP contribution is -2.27. The summed E-state index contributed by atoms with van der Waals surface area (Å²) < 4.78 is 5.56. The van der Waals surface area contributed by atoms with Gasteiger partial charge in [-0.15, -0.1) is 0 Å². The van der Waals surface area contributed by atoms with Gasteiger partial charge in [0.05, 0.1) is 23.7 Å². The number of allylic oxidation sites excluding steroid dienone is 1. The molecule has 5 rings (SSSR count). The van der Waals surface area contributed by atoms with Crippen LogP contribution in [0.5, 0.6) is 0 Å². The van der Waals surface area contributed by atoms with Gasteiger partial charge >= 0.3 is 0 Å². The van der Waals surface area contributed by atoms with E-state index in [9.17, 15) is 0 Å². The molecule has 1 aliphatic heterocycles. The number of hydrogen-bond donors (Lipinski definition) is 0. The number of anilines is 1. The van der Waals surface area contributed by atoms with Crippen molar-refractivity contribution < 1.29 is 4.42 Å². The van der Waals surface area contributed by atoms with Gasteiger partial charge in [0.15, 0.2) is 0 Å². The van der Waals surface area contributed by atoms with Crippen LogP contribution in [-0.2, 0) is 0 Å². The lowest BCUT2D eigenvalue weighted by atomic mass is 9.77. The average molecular weight is 354 g/mol. The first-order valence-electron chi connectivity index (χ1n) is 9.62. The minimum Gasteiger partial charge on any atom is -0.465 e. The Kier molecular flexibility index (Phi) is 4.13. The Bertz CT molecular complexity index is 958. The molecule has 1 fully saturated rings. The van der Waals surface area contributed by atoms with Gasteiger partial charge in [0.2, 0.25) is 0 Å². The molecule has 3 aromatic rings. The van der Waals surface area contributed by atoms with Crippen LogP contribution in [0.15, 0.2) is 94.2 Å². The molecule has 134 valence electrons. The largest absolute Gasteiger partial charge is 0.465 e. The lowest BCUT2D eigenvalue weighted by molar-refractivity contribution is 0.487. The van der Waals surface area contributed by atoms with Crippen molar-refractivity contribution in [2.45, 2.75) is 25.3 Å². The molecule has 1 aromatic heterocycles. The maximum absolute atomic E-state index is 5.56. The molecule has 2 aromatic carbocycles. The van der Waals surface area contributed by atoms with Gasteiger partial charge in [-0.1, -0.05) is 48.5 Å². The van der Waals surface area contributed by atoms with Crippen molar-refractivity contribution in [3.63, 3.8) is 0 Å². The van der Waals surface area contributed by atoms with E-state index in [0.717, 1.165) is 24.3 Å². The van der Waals surface area contributed by atoms with Crippen molar-refractivity contribution in [1.82, 2.24) is 0 Å². The highest BCUT2D eigenvalue weighted by Gasteiger charge is 2.41. The molecule has 3 nitrogen and oxygen atoms in total. The Balaban J connectivity index is 1.60. The van der Waals surface area contributed by atoms with Crippen LogP contribution < -0.4 is 5.01 Å². The third-order valence-corrected chi connectivity index (χ3v) is 5.52. The summed E-state index contributed by atoms with van der Waals surface area (Å²) >= 11 is 0. The van der Waals surface area contributed by atoms with E-state index in [0.29, 0.717) is 5.92 Å². The van der Waals surface area contributed by atoms with Crippen molar-refractivity contribution in [3.8, 4) is 0 Å². The molecule has 0 spiro atoms. The van der Waals surface area contributed by atoms with Crippen LogP contribution in [0.2, 0.25) is 0 Å². The molecule has 0 saturated heterocycles. The van der Waals surface area contributed by atoms with Crippen molar-refractivity contribution in [3.05, 3.63) is 96.0 Å². The molecule has 3 heteroatoms. The van der Waals surface area contributed by atoms with Gasteiger partial charge in [0, 0.05) is 5.92 Å². The maximum atomic E-state index is 5.56. The van der Waals surface area contributed by atoms with Crippen LogP contribution in [0.25, 0.3) is 6.08 Å². The van der Waals surface area contributed by atoms with Crippen LogP contribution in [-0.4, -0.2) is 5.71 Å². The zero-order valence-corrected chi connectivity index (χ0v) is 15.2. The zero-order valence-electron chi connectivity index (χ0n) is 15.2. The summed E-state index contributed by atoms with van der Waals surface area (Å²) in [5.74, 6) is 1.31. The van der Waals surface area contributed by atoms with Crippen molar-refractivity contribution in [2.75, 3.05) is 5.01 Å². The van der Waals surface area contributed by atoms with Crippen molar-refractivity contribution in [1.29, 1.82) is 0 Å². The molecule has 0 N–H and O–H groups in total. The van der Waals surface area contributed by atoms with Crippen LogP contribution in [0.3, 0.4) is 0 Å². The summed E-state index contributed by atoms with van der Waals surface area (Å²) in [5.41, 5.74) is 4.99. The van der Waals surface area contributed by atoms with E-state index in [-0.39, 0.29) is 6.04 Å². The fourth-order valence-corrected chi connectivity index (χ4v) is 4.32. The first-order chi connectivity index (χ1) is 13.4. The second kappa shape index (κ2) is 6.92. The highest BCUT2D eigenvalue weighted by atomic mass is 16.3. The minimum absolute atomic E-state index is 0.240. The first-order valence-corrected chi connectivity index (χ1v) is 9.62. The van der Waals surface area contributed by atoms with E-state index in [1.807, 2.05) is 12.1 Å². The fraction of sp³-hybridized carbons (Fsp3) is 0.208. The summed E-state index contributed by atoms with van der Waals surface area (Å²) in [5, 5.41) is 7.36. The van der Waals surface area contributed by atoms with E-state index >= 15 is 0 Å². The van der Waals surface area contributed by atoms with Crippen molar-refractivity contribution in [2.24, 2.45) is 11.0 Å². The molecule has 1 saturated carbocycles. The summed E-state index contributed by atoms with van der Waals surface area (Å²) in [6, 6.07) is 25.5. The molecule has 0 bridgehead atoms. The molecular formula is C24H22N2O. The minimum atomic E-state index is 0.240. The summed E-state index contributed by atoms with van der Waals surface area (Å²) in [4.78, 5) is 0. The summed E-state index contributed by atoms with van der Waals surface area (Å²) in [6.45, 7) is 0. The Morgan fingerprint density at radius 2 is 1.70 bits per heavy atom. The quantitative estimate of drug-likeness (QED) is 0.570. The summed E-state index contributed by atoms with van der Waals surface area (Å²) in [6.07, 6.45) is 7.30. The summed E-state index contributed by atoms with van der Waals surface area (Å²) in [7, 11) is 0. The standard InChI is InChI=1S/C24H22N2O/c1-3-9-18(10-4-1)24-22-15-7-11-19(17-21-14-8-16-27-21)23(22)25-26(24)20-12-5-2-6-13-20/h1-6,8-10,12-14,16-17,22,24H,7,11,15H2/b19-17+/t22-,24-/m1/s1. The molecule has 1 aliphatic carbocycles. The Labute approximate surface area is 159 Å². The van der Waals surface area contributed by atoms with E-state index in [2.05, 4.69) is 71.7 Å². The van der Waals surface area contributed by atoms with Gasteiger partial charge in [-0.05, 0) is 60.7 Å². The molecule has 2 aliphatic rings. The number of hydrogen-bond acceptors (Lipinski definition) is 3. The van der Waals surface area contributed by atoms with Gasteiger partial charge in [-0.2, -0.15) is 5.10 Å². The third-order valence-electron chi connectivity index (χ3n) is 5.52. The Morgan fingerprint density at radius 3 is 2.44 bits per heavy atom. The monoisotopic (exact) mass is 354 g/mol. The number of benzene rings is 2. The molecule has 0 radical (unpaired) electrons. The van der Waals surface area contributed by atoms with E-state index in [1.54, 1.807) is 6.26 Å². The van der Waals surface area contributed by atoms with E-state index in [4.69, 9.17) is 9.52 Å². The van der Waals surface area contributed by atoms with E-state index in [1.165, 1.54) is 23.3 Å². The lowest BCUT2D eigenvalue weighted by Gasteiger charge is -2.30. The van der Waals surface area contributed by atoms with Crippen LogP contribution in [0, 0.1) is 5.92 Å². The van der Waals surface area contributed by atoms with Crippen molar-refractivity contribution >= 4 is 17.5 Å². The molecular weight excluding hydrogens is 332 g/mol. The molecule has 2 atom stereocenters. The molecule has 0 amide bonds. The Hall–Kier alpha value is -3.07. The van der Waals surface area contributed by atoms with E-state index < -0.39 is 0 Å². The van der Waals surface area contributed by atoms with Crippen LogP contribution >= 0.6 is 0 Å². The van der Waals surface area contributed by atoms with Gasteiger partial charge in [-0.3, -0.25) is 5.01 Å². The second-order valence-electron chi connectivity index (χ2n) is 7.20. The zero-order chi connectivity index (χ0) is 18.1. The molecule has 27 heavy (non-hydrogen) atoms. The molecule has 2 heterocycles. The topological polar surface area (TPSA) is 28.7 Å². The highest BCUT2D eigenvalue weighted by molar-refractivity contribution is 6.08. The fourth-order valence-electron chi connectivity index (χ4n) is 4.32. The first kappa shape index (κ1) is 16.1. The Morgan fingerprint density at radius 1 is 0.926 bits per heavy atom. The highest BCUT2D eigenvalue weighted by Crippen LogP contribution is 2.46. The predicted octanol–water partition coefficient (Wildman–Crippen LogP) is 6.08. The van der Waals surface area contributed by atoms with Gasteiger partial charge in [0.1, 0.15) is 5.76 Å². The van der Waals surface area contributed by atoms with Gasteiger partial charge in [-0.25, -0.2) is 0 Å². The predicted molar refractivity (Wildman–Crippen MR) is 110 cm³/mol.